The van der Waals surface area contributed by atoms with Gasteiger partial charge in [0.1, 0.15) is 0 Å². The molecular weight excluding hydrogens is 260 g/mol. The van der Waals surface area contributed by atoms with E-state index < -0.39 is 0 Å². The van der Waals surface area contributed by atoms with Gasteiger partial charge in [-0.05, 0) is 49.6 Å². The normalized spacial score (nSPS) is 10.4. The van der Waals surface area contributed by atoms with E-state index in [0.29, 0.717) is 16.9 Å². The van der Waals surface area contributed by atoms with Gasteiger partial charge < -0.3 is 11.1 Å². The molecule has 0 bridgehead atoms. The zero-order chi connectivity index (χ0) is 15.2. The average Bonchev–Trinajstić information content (AvgIpc) is 2.48. The number of carbonyl (C=O) groups excluding carboxylic acids is 1. The Hall–Kier alpha value is -2.29. The fourth-order valence-corrected chi connectivity index (χ4v) is 2.16. The molecule has 21 heavy (non-hydrogen) atoms. The molecule has 2 aromatic carbocycles. The van der Waals surface area contributed by atoms with Crippen molar-refractivity contribution in [1.29, 1.82) is 0 Å². The second kappa shape index (κ2) is 6.93. The monoisotopic (exact) mass is 282 g/mol. The van der Waals surface area contributed by atoms with E-state index in [2.05, 4.69) is 12.2 Å². The van der Waals surface area contributed by atoms with Gasteiger partial charge in [0.05, 0.1) is 11.4 Å². The van der Waals surface area contributed by atoms with E-state index in [4.69, 9.17) is 5.73 Å². The Morgan fingerprint density at radius 2 is 1.86 bits per heavy atom. The van der Waals surface area contributed by atoms with Crippen LogP contribution in [0.2, 0.25) is 0 Å². The molecule has 110 valence electrons. The Bertz CT molecular complexity index is 618. The van der Waals surface area contributed by atoms with Gasteiger partial charge in [-0.15, -0.1) is 0 Å². The maximum absolute atomic E-state index is 12.2. The van der Waals surface area contributed by atoms with Crippen LogP contribution in [0.1, 0.15) is 41.3 Å². The zero-order valence-electron chi connectivity index (χ0n) is 12.6. The van der Waals surface area contributed by atoms with Crippen LogP contribution >= 0.6 is 0 Å². The number of nitrogens with one attached hydrogen (secondary N) is 1. The quantitative estimate of drug-likeness (QED) is 0.809. The zero-order valence-corrected chi connectivity index (χ0v) is 12.6. The number of rotatable bonds is 5. The number of amides is 1. The van der Waals surface area contributed by atoms with Gasteiger partial charge in [-0.3, -0.25) is 4.79 Å². The van der Waals surface area contributed by atoms with Crippen molar-refractivity contribution in [2.45, 2.75) is 33.1 Å². The predicted molar refractivity (Wildman–Crippen MR) is 88.6 cm³/mol. The van der Waals surface area contributed by atoms with E-state index in [1.807, 2.05) is 49.4 Å². The lowest BCUT2D eigenvalue weighted by Crippen LogP contribution is -2.13. The predicted octanol–water partition coefficient (Wildman–Crippen LogP) is 4.17. The summed E-state index contributed by atoms with van der Waals surface area (Å²) in [6, 6.07) is 13.3. The van der Waals surface area contributed by atoms with Crippen LogP contribution in [0.5, 0.6) is 0 Å². The average molecular weight is 282 g/mol. The second-order valence-corrected chi connectivity index (χ2v) is 5.35. The summed E-state index contributed by atoms with van der Waals surface area (Å²) < 4.78 is 0. The van der Waals surface area contributed by atoms with Crippen LogP contribution in [0, 0.1) is 6.92 Å². The number of hydrogen-bond acceptors (Lipinski definition) is 2. The topological polar surface area (TPSA) is 55.1 Å². The summed E-state index contributed by atoms with van der Waals surface area (Å²) in [5, 5.41) is 2.87. The molecule has 2 aromatic rings. The molecule has 3 nitrogen and oxygen atoms in total. The molecule has 3 N–H and O–H groups in total. The number of benzene rings is 2. The van der Waals surface area contributed by atoms with Crippen LogP contribution in [0.15, 0.2) is 42.5 Å². The van der Waals surface area contributed by atoms with Crippen LogP contribution in [0.3, 0.4) is 0 Å². The third kappa shape index (κ3) is 4.09. The molecule has 0 atom stereocenters. The van der Waals surface area contributed by atoms with Gasteiger partial charge >= 0.3 is 0 Å². The molecule has 0 aromatic heterocycles. The molecule has 3 heteroatoms. The molecule has 0 aliphatic rings. The van der Waals surface area contributed by atoms with Crippen molar-refractivity contribution < 1.29 is 4.79 Å². The lowest BCUT2D eigenvalue weighted by molar-refractivity contribution is 0.102. The van der Waals surface area contributed by atoms with E-state index in [9.17, 15) is 4.79 Å². The van der Waals surface area contributed by atoms with Crippen molar-refractivity contribution in [2.75, 3.05) is 11.1 Å². The van der Waals surface area contributed by atoms with Gasteiger partial charge in [-0.1, -0.05) is 37.1 Å². The highest BCUT2D eigenvalue weighted by Crippen LogP contribution is 2.21. The van der Waals surface area contributed by atoms with Crippen molar-refractivity contribution in [3.05, 3.63) is 59.2 Å². The van der Waals surface area contributed by atoms with Gasteiger partial charge in [-0.25, -0.2) is 0 Å². The minimum atomic E-state index is -0.136. The number of nitrogen functional groups attached to an aromatic ring is 1. The van der Waals surface area contributed by atoms with Crippen LogP contribution in [0.25, 0.3) is 0 Å². The molecule has 0 spiro atoms. The first-order chi connectivity index (χ1) is 10.1. The van der Waals surface area contributed by atoms with Crippen molar-refractivity contribution in [3.8, 4) is 0 Å². The summed E-state index contributed by atoms with van der Waals surface area (Å²) in [5.74, 6) is -0.136. The molecule has 0 aliphatic heterocycles. The van der Waals surface area contributed by atoms with E-state index in [0.717, 1.165) is 24.8 Å². The highest BCUT2D eigenvalue weighted by molar-refractivity contribution is 6.05. The summed E-state index contributed by atoms with van der Waals surface area (Å²) in [6.07, 6.45) is 3.33. The summed E-state index contributed by atoms with van der Waals surface area (Å²) in [4.78, 5) is 12.2. The summed E-state index contributed by atoms with van der Waals surface area (Å²) in [5.41, 5.74) is 10.3. The van der Waals surface area contributed by atoms with Gasteiger partial charge in [0.2, 0.25) is 0 Å². The van der Waals surface area contributed by atoms with Crippen molar-refractivity contribution in [1.82, 2.24) is 0 Å². The Kier molecular flexibility index (Phi) is 4.99. The molecule has 0 radical (unpaired) electrons. The van der Waals surface area contributed by atoms with Crippen LogP contribution in [-0.4, -0.2) is 5.91 Å². The largest absolute Gasteiger partial charge is 0.397 e. The second-order valence-electron chi connectivity index (χ2n) is 5.35. The van der Waals surface area contributed by atoms with Crippen LogP contribution < -0.4 is 11.1 Å². The standard InChI is InChI=1S/C18H22N2O/c1-3-4-5-14-8-11-17(16(19)12-14)20-18(21)15-9-6-13(2)7-10-15/h6-12H,3-5,19H2,1-2H3,(H,20,21). The van der Waals surface area contributed by atoms with Crippen LogP contribution in [-0.2, 0) is 6.42 Å². The fourth-order valence-electron chi connectivity index (χ4n) is 2.16. The van der Waals surface area contributed by atoms with Gasteiger partial charge in [0.25, 0.3) is 5.91 Å². The molecule has 0 fully saturated rings. The lowest BCUT2D eigenvalue weighted by Gasteiger charge is -2.10. The Morgan fingerprint density at radius 3 is 2.48 bits per heavy atom. The van der Waals surface area contributed by atoms with E-state index in [1.165, 1.54) is 5.56 Å². The summed E-state index contributed by atoms with van der Waals surface area (Å²) in [6.45, 7) is 4.16. The first-order valence-corrected chi connectivity index (χ1v) is 7.36. The first kappa shape index (κ1) is 15.1. The van der Waals surface area contributed by atoms with Gasteiger partial charge in [0, 0.05) is 5.56 Å². The molecule has 0 unspecified atom stereocenters. The molecule has 1 amide bonds. The first-order valence-electron chi connectivity index (χ1n) is 7.36. The van der Waals surface area contributed by atoms with Crippen molar-refractivity contribution in [3.63, 3.8) is 0 Å². The van der Waals surface area contributed by atoms with Crippen LogP contribution in [0.4, 0.5) is 11.4 Å². The minimum absolute atomic E-state index is 0.136. The maximum Gasteiger partial charge on any atom is 0.255 e. The molecule has 2 rings (SSSR count). The van der Waals surface area contributed by atoms with E-state index in [1.54, 1.807) is 0 Å². The Morgan fingerprint density at radius 1 is 1.14 bits per heavy atom. The Balaban J connectivity index is 2.08. The summed E-state index contributed by atoms with van der Waals surface area (Å²) in [7, 11) is 0. The number of aryl methyl sites for hydroxylation is 2. The minimum Gasteiger partial charge on any atom is -0.397 e. The smallest absolute Gasteiger partial charge is 0.255 e. The van der Waals surface area contributed by atoms with E-state index in [-0.39, 0.29) is 5.91 Å². The van der Waals surface area contributed by atoms with Gasteiger partial charge in [0.15, 0.2) is 0 Å². The van der Waals surface area contributed by atoms with Crippen molar-refractivity contribution >= 4 is 17.3 Å². The Labute approximate surface area is 126 Å². The number of carbonyl (C=O) groups is 1. The fraction of sp³-hybridized carbons (Fsp3) is 0.278. The van der Waals surface area contributed by atoms with Gasteiger partial charge in [-0.2, -0.15) is 0 Å². The highest BCUT2D eigenvalue weighted by atomic mass is 16.1. The number of hydrogen-bond donors (Lipinski definition) is 2. The maximum atomic E-state index is 12.2. The molecule has 0 saturated heterocycles. The SMILES string of the molecule is CCCCc1ccc(NC(=O)c2ccc(C)cc2)c(N)c1. The third-order valence-electron chi connectivity index (χ3n) is 3.50. The molecule has 0 heterocycles. The number of anilines is 2. The third-order valence-corrected chi connectivity index (χ3v) is 3.50. The highest BCUT2D eigenvalue weighted by Gasteiger charge is 2.08. The number of nitrogens with two attached hydrogens (primary N) is 1. The van der Waals surface area contributed by atoms with Crippen molar-refractivity contribution in [2.24, 2.45) is 0 Å². The molecule has 0 aliphatic carbocycles. The lowest BCUT2D eigenvalue weighted by atomic mass is 10.1. The molecular formula is C18H22N2O. The number of unbranched alkanes of at least 4 members (excludes halogenated alkanes) is 1. The summed E-state index contributed by atoms with van der Waals surface area (Å²) >= 11 is 0. The molecule has 0 saturated carbocycles. The van der Waals surface area contributed by atoms with E-state index >= 15 is 0 Å².